The zero-order valence-electron chi connectivity index (χ0n) is 10.4. The number of aliphatic hydroxyl groups excluding tert-OH is 1. The van der Waals surface area contributed by atoms with Crippen molar-refractivity contribution in [2.45, 2.75) is 38.3 Å². The van der Waals surface area contributed by atoms with Gasteiger partial charge in [-0.2, -0.15) is 0 Å². The predicted octanol–water partition coefficient (Wildman–Crippen LogP) is 1.79. The molecule has 1 aliphatic carbocycles. The Morgan fingerprint density at radius 1 is 1.56 bits per heavy atom. The molecule has 0 aliphatic heterocycles. The topological polar surface area (TPSA) is 82.7 Å². The van der Waals surface area contributed by atoms with Gasteiger partial charge < -0.3 is 19.9 Å². The van der Waals surface area contributed by atoms with Crippen LogP contribution in [0.15, 0.2) is 16.5 Å². The van der Waals surface area contributed by atoms with E-state index in [9.17, 15) is 9.90 Å². The lowest BCUT2D eigenvalue weighted by atomic mass is 10.1. The second-order valence-electron chi connectivity index (χ2n) is 4.97. The fourth-order valence-corrected chi connectivity index (χ4v) is 2.38. The minimum atomic E-state index is -1.05. The summed E-state index contributed by atoms with van der Waals surface area (Å²) in [4.78, 5) is 10.7. The van der Waals surface area contributed by atoms with E-state index in [1.165, 1.54) is 6.07 Å². The average molecular weight is 253 g/mol. The van der Waals surface area contributed by atoms with E-state index in [-0.39, 0.29) is 17.9 Å². The lowest BCUT2D eigenvalue weighted by Gasteiger charge is -2.15. The third-order valence-corrected chi connectivity index (χ3v) is 3.49. The van der Waals surface area contributed by atoms with Gasteiger partial charge in [0.15, 0.2) is 0 Å². The van der Waals surface area contributed by atoms with Crippen LogP contribution >= 0.6 is 0 Å². The summed E-state index contributed by atoms with van der Waals surface area (Å²) in [6.45, 7) is 2.76. The molecule has 1 heterocycles. The number of carboxylic acids is 1. The van der Waals surface area contributed by atoms with Crippen LogP contribution < -0.4 is 5.32 Å². The molecule has 1 aromatic rings. The van der Waals surface area contributed by atoms with Crippen LogP contribution in [0.1, 0.15) is 48.5 Å². The molecular weight excluding hydrogens is 234 g/mol. The standard InChI is InChI=1S/C13H19NO4/c1-8(11-4-5-12(18-11)13(16)17)14-7-9-2-3-10(15)6-9/h4-5,8-10,14-15H,2-3,6-7H2,1H3,(H,16,17). The van der Waals surface area contributed by atoms with Gasteiger partial charge in [0, 0.05) is 0 Å². The number of hydrogen-bond donors (Lipinski definition) is 3. The van der Waals surface area contributed by atoms with E-state index in [0.29, 0.717) is 11.7 Å². The van der Waals surface area contributed by atoms with Crippen LogP contribution in [0.5, 0.6) is 0 Å². The Hall–Kier alpha value is -1.33. The molecule has 2 rings (SSSR count). The number of aromatic carboxylic acids is 1. The van der Waals surface area contributed by atoms with Crippen LogP contribution in [0.3, 0.4) is 0 Å². The van der Waals surface area contributed by atoms with Gasteiger partial charge in [-0.25, -0.2) is 4.79 Å². The highest BCUT2D eigenvalue weighted by Gasteiger charge is 2.23. The van der Waals surface area contributed by atoms with Gasteiger partial charge in [0.2, 0.25) is 5.76 Å². The van der Waals surface area contributed by atoms with Crippen molar-refractivity contribution in [3.05, 3.63) is 23.7 Å². The highest BCUT2D eigenvalue weighted by atomic mass is 16.4. The second kappa shape index (κ2) is 5.54. The zero-order chi connectivity index (χ0) is 13.1. The Balaban J connectivity index is 1.83. The van der Waals surface area contributed by atoms with E-state index < -0.39 is 5.97 Å². The van der Waals surface area contributed by atoms with Crippen molar-refractivity contribution in [2.24, 2.45) is 5.92 Å². The predicted molar refractivity (Wildman–Crippen MR) is 65.4 cm³/mol. The molecule has 0 bridgehead atoms. The molecule has 3 atom stereocenters. The van der Waals surface area contributed by atoms with E-state index in [1.807, 2.05) is 6.92 Å². The smallest absolute Gasteiger partial charge is 0.371 e. The number of aliphatic hydroxyl groups is 1. The third-order valence-electron chi connectivity index (χ3n) is 3.49. The summed E-state index contributed by atoms with van der Waals surface area (Å²) in [6, 6.07) is 3.13. The lowest BCUT2D eigenvalue weighted by Crippen LogP contribution is -2.24. The molecule has 3 unspecified atom stereocenters. The van der Waals surface area contributed by atoms with Gasteiger partial charge in [0.25, 0.3) is 0 Å². The molecule has 1 fully saturated rings. The first kappa shape index (κ1) is 13.1. The minimum Gasteiger partial charge on any atom is -0.475 e. The van der Waals surface area contributed by atoms with E-state index in [2.05, 4.69) is 5.32 Å². The Morgan fingerprint density at radius 2 is 2.33 bits per heavy atom. The van der Waals surface area contributed by atoms with Gasteiger partial charge in [-0.3, -0.25) is 0 Å². The largest absolute Gasteiger partial charge is 0.475 e. The SMILES string of the molecule is CC(NCC1CCC(O)C1)c1ccc(C(=O)O)o1. The highest BCUT2D eigenvalue weighted by molar-refractivity contribution is 5.84. The van der Waals surface area contributed by atoms with Crippen LogP contribution in [-0.4, -0.2) is 28.8 Å². The van der Waals surface area contributed by atoms with Gasteiger partial charge in [0.05, 0.1) is 12.1 Å². The summed E-state index contributed by atoms with van der Waals surface area (Å²) in [5, 5.41) is 21.5. The Morgan fingerprint density at radius 3 is 2.89 bits per heavy atom. The molecule has 0 radical (unpaired) electrons. The van der Waals surface area contributed by atoms with Crippen molar-refractivity contribution in [1.82, 2.24) is 5.32 Å². The first-order valence-electron chi connectivity index (χ1n) is 6.30. The average Bonchev–Trinajstić information content (AvgIpc) is 2.94. The van der Waals surface area contributed by atoms with Crippen LogP contribution in [0.25, 0.3) is 0 Å². The van der Waals surface area contributed by atoms with Crippen molar-refractivity contribution < 1.29 is 19.4 Å². The summed E-state index contributed by atoms with van der Waals surface area (Å²) in [6.07, 6.45) is 2.61. The first-order chi connectivity index (χ1) is 8.56. The summed E-state index contributed by atoms with van der Waals surface area (Å²) in [7, 11) is 0. The monoisotopic (exact) mass is 253 g/mol. The maximum atomic E-state index is 10.7. The molecule has 0 aromatic carbocycles. The van der Waals surface area contributed by atoms with Crippen molar-refractivity contribution >= 4 is 5.97 Å². The molecule has 5 nitrogen and oxygen atoms in total. The molecule has 5 heteroatoms. The van der Waals surface area contributed by atoms with Gasteiger partial charge in [-0.05, 0) is 50.8 Å². The van der Waals surface area contributed by atoms with Crippen LogP contribution in [-0.2, 0) is 0 Å². The first-order valence-corrected chi connectivity index (χ1v) is 6.30. The summed E-state index contributed by atoms with van der Waals surface area (Å²) in [5.41, 5.74) is 0. The molecule has 1 aromatic heterocycles. The number of hydrogen-bond acceptors (Lipinski definition) is 4. The van der Waals surface area contributed by atoms with Gasteiger partial charge >= 0.3 is 5.97 Å². The number of carbonyl (C=O) groups is 1. The highest BCUT2D eigenvalue weighted by Crippen LogP contribution is 2.25. The maximum Gasteiger partial charge on any atom is 0.371 e. The third kappa shape index (κ3) is 3.11. The van der Waals surface area contributed by atoms with Crippen LogP contribution in [0.2, 0.25) is 0 Å². The van der Waals surface area contributed by atoms with Crippen molar-refractivity contribution in [3.8, 4) is 0 Å². The van der Waals surface area contributed by atoms with Crippen molar-refractivity contribution in [2.75, 3.05) is 6.54 Å². The Bertz CT molecular complexity index is 415. The minimum absolute atomic E-state index is 0.0177. The molecular formula is C13H19NO4. The van der Waals surface area contributed by atoms with E-state index >= 15 is 0 Å². The fraction of sp³-hybridized carbons (Fsp3) is 0.615. The summed E-state index contributed by atoms with van der Waals surface area (Å²) in [5.74, 6) is 0.0459. The molecule has 0 saturated heterocycles. The summed E-state index contributed by atoms with van der Waals surface area (Å²) >= 11 is 0. The second-order valence-corrected chi connectivity index (χ2v) is 4.97. The Labute approximate surface area is 106 Å². The van der Waals surface area contributed by atoms with Gasteiger partial charge in [-0.1, -0.05) is 0 Å². The number of furan rings is 1. The molecule has 0 spiro atoms. The van der Waals surface area contributed by atoms with Gasteiger partial charge in [0.1, 0.15) is 5.76 Å². The number of rotatable bonds is 5. The van der Waals surface area contributed by atoms with Crippen LogP contribution in [0.4, 0.5) is 0 Å². The normalized spacial score (nSPS) is 25.2. The molecule has 100 valence electrons. The zero-order valence-corrected chi connectivity index (χ0v) is 10.4. The molecule has 3 N–H and O–H groups in total. The van der Waals surface area contributed by atoms with Crippen molar-refractivity contribution in [1.29, 1.82) is 0 Å². The van der Waals surface area contributed by atoms with E-state index in [0.717, 1.165) is 25.8 Å². The molecule has 1 saturated carbocycles. The molecule has 1 aliphatic rings. The van der Waals surface area contributed by atoms with Gasteiger partial charge in [-0.15, -0.1) is 0 Å². The Kier molecular flexibility index (Phi) is 4.04. The van der Waals surface area contributed by atoms with Crippen LogP contribution in [0, 0.1) is 5.92 Å². The lowest BCUT2D eigenvalue weighted by molar-refractivity contribution is 0.0659. The summed E-state index contributed by atoms with van der Waals surface area (Å²) < 4.78 is 5.23. The van der Waals surface area contributed by atoms with E-state index in [1.54, 1.807) is 6.07 Å². The number of carboxylic acid groups (broad SMARTS) is 1. The van der Waals surface area contributed by atoms with Crippen molar-refractivity contribution in [3.63, 3.8) is 0 Å². The maximum absolute atomic E-state index is 10.7. The molecule has 18 heavy (non-hydrogen) atoms. The molecule has 0 amide bonds. The van der Waals surface area contributed by atoms with E-state index in [4.69, 9.17) is 9.52 Å². The quantitative estimate of drug-likeness (QED) is 0.745. The fourth-order valence-electron chi connectivity index (χ4n) is 2.38. The number of nitrogens with one attached hydrogen (secondary N) is 1.